The molecule has 1 aromatic carbocycles. The minimum absolute atomic E-state index is 0.0241. The molecule has 4 rings (SSSR count). The Hall–Kier alpha value is -2.89. The van der Waals surface area contributed by atoms with E-state index in [0.717, 1.165) is 31.5 Å². The van der Waals surface area contributed by atoms with Crippen LogP contribution in [0.3, 0.4) is 0 Å². The molecule has 2 aliphatic heterocycles. The van der Waals surface area contributed by atoms with Crippen molar-refractivity contribution in [3.8, 4) is 5.75 Å². The molecule has 6 heteroatoms. The zero-order chi connectivity index (χ0) is 19.5. The lowest BCUT2D eigenvalue weighted by Crippen LogP contribution is -2.37. The molecule has 2 amide bonds. The Morgan fingerprint density at radius 1 is 1.04 bits per heavy atom. The van der Waals surface area contributed by atoms with Gasteiger partial charge in [0, 0.05) is 50.1 Å². The number of rotatable bonds is 4. The summed E-state index contributed by atoms with van der Waals surface area (Å²) in [5.41, 5.74) is 1.63. The van der Waals surface area contributed by atoms with Crippen LogP contribution in [0.1, 0.15) is 34.7 Å². The molecular formula is C22H25N3O3. The van der Waals surface area contributed by atoms with E-state index in [2.05, 4.69) is 4.98 Å². The number of carbonyl (C=O) groups is 2. The van der Waals surface area contributed by atoms with Crippen LogP contribution in [0.4, 0.5) is 0 Å². The Morgan fingerprint density at radius 3 is 2.43 bits per heavy atom. The zero-order valence-electron chi connectivity index (χ0n) is 16.1. The van der Waals surface area contributed by atoms with E-state index in [1.54, 1.807) is 42.5 Å². The van der Waals surface area contributed by atoms with Crippen molar-refractivity contribution in [2.24, 2.45) is 5.92 Å². The van der Waals surface area contributed by atoms with Crippen molar-refractivity contribution in [2.45, 2.75) is 18.8 Å². The predicted molar refractivity (Wildman–Crippen MR) is 105 cm³/mol. The SMILES string of the molecule is COc1ccc(C(=O)N2C[C@@H](C(=O)N3CCCC3)[C@H](c3cccnc3)C2)cc1. The van der Waals surface area contributed by atoms with Crippen LogP contribution >= 0.6 is 0 Å². The summed E-state index contributed by atoms with van der Waals surface area (Å²) in [4.78, 5) is 34.2. The lowest BCUT2D eigenvalue weighted by atomic mass is 9.89. The molecule has 2 aromatic rings. The van der Waals surface area contributed by atoms with E-state index in [9.17, 15) is 9.59 Å². The Kier molecular flexibility index (Phi) is 5.28. The third kappa shape index (κ3) is 3.59. The number of nitrogens with zero attached hydrogens (tertiary/aromatic N) is 3. The molecule has 0 bridgehead atoms. The first kappa shape index (κ1) is 18.5. The number of benzene rings is 1. The molecule has 146 valence electrons. The molecule has 0 N–H and O–H groups in total. The minimum atomic E-state index is -0.218. The fourth-order valence-corrected chi connectivity index (χ4v) is 4.24. The molecule has 2 saturated heterocycles. The van der Waals surface area contributed by atoms with Crippen LogP contribution in [0.15, 0.2) is 48.8 Å². The second-order valence-corrected chi connectivity index (χ2v) is 7.47. The maximum absolute atomic E-state index is 13.2. The van der Waals surface area contributed by atoms with Crippen molar-refractivity contribution >= 4 is 11.8 Å². The van der Waals surface area contributed by atoms with Crippen molar-refractivity contribution in [1.29, 1.82) is 0 Å². The van der Waals surface area contributed by atoms with Gasteiger partial charge in [0.05, 0.1) is 13.0 Å². The molecular weight excluding hydrogens is 354 g/mol. The maximum Gasteiger partial charge on any atom is 0.253 e. The van der Waals surface area contributed by atoms with Crippen LogP contribution < -0.4 is 4.74 Å². The summed E-state index contributed by atoms with van der Waals surface area (Å²) in [5.74, 6) is 0.589. The molecule has 0 unspecified atom stereocenters. The number of hydrogen-bond acceptors (Lipinski definition) is 4. The van der Waals surface area contributed by atoms with Crippen LogP contribution in [0.25, 0.3) is 0 Å². The molecule has 0 saturated carbocycles. The number of hydrogen-bond donors (Lipinski definition) is 0. The largest absolute Gasteiger partial charge is 0.497 e. The molecule has 0 radical (unpaired) electrons. The van der Waals surface area contributed by atoms with Crippen LogP contribution in [-0.2, 0) is 4.79 Å². The van der Waals surface area contributed by atoms with E-state index in [1.165, 1.54) is 0 Å². The van der Waals surface area contributed by atoms with Gasteiger partial charge >= 0.3 is 0 Å². The molecule has 0 aliphatic carbocycles. The summed E-state index contributed by atoms with van der Waals surface area (Å²) in [5, 5.41) is 0. The van der Waals surface area contributed by atoms with E-state index in [4.69, 9.17) is 4.74 Å². The molecule has 2 aliphatic rings. The van der Waals surface area contributed by atoms with Crippen LogP contribution in [-0.4, -0.2) is 59.9 Å². The average molecular weight is 379 g/mol. The summed E-state index contributed by atoms with van der Waals surface area (Å²) in [6.45, 7) is 2.61. The number of amides is 2. The Bertz CT molecular complexity index is 832. The molecule has 28 heavy (non-hydrogen) atoms. The van der Waals surface area contributed by atoms with Gasteiger partial charge in [0.2, 0.25) is 5.91 Å². The molecule has 2 atom stereocenters. The lowest BCUT2D eigenvalue weighted by Gasteiger charge is -2.23. The van der Waals surface area contributed by atoms with Gasteiger partial charge < -0.3 is 14.5 Å². The fraction of sp³-hybridized carbons (Fsp3) is 0.409. The number of ether oxygens (including phenoxy) is 1. The molecule has 0 spiro atoms. The highest BCUT2D eigenvalue weighted by molar-refractivity contribution is 5.95. The molecule has 2 fully saturated rings. The Morgan fingerprint density at radius 2 is 1.79 bits per heavy atom. The smallest absolute Gasteiger partial charge is 0.253 e. The average Bonchev–Trinajstić information content (AvgIpc) is 3.44. The van der Waals surface area contributed by atoms with Gasteiger partial charge in [-0.15, -0.1) is 0 Å². The van der Waals surface area contributed by atoms with Crippen LogP contribution in [0.2, 0.25) is 0 Å². The quantitative estimate of drug-likeness (QED) is 0.819. The number of likely N-dealkylation sites (tertiary alicyclic amines) is 2. The van der Waals surface area contributed by atoms with E-state index in [1.807, 2.05) is 23.2 Å². The van der Waals surface area contributed by atoms with Gasteiger partial charge in [-0.25, -0.2) is 0 Å². The zero-order valence-corrected chi connectivity index (χ0v) is 16.1. The first-order chi connectivity index (χ1) is 13.7. The summed E-state index contributed by atoms with van der Waals surface area (Å²) in [6, 6.07) is 11.0. The van der Waals surface area contributed by atoms with Crippen molar-refractivity contribution < 1.29 is 14.3 Å². The van der Waals surface area contributed by atoms with Gasteiger partial charge in [-0.1, -0.05) is 6.07 Å². The summed E-state index contributed by atoms with van der Waals surface area (Å²) in [7, 11) is 1.60. The minimum Gasteiger partial charge on any atom is -0.497 e. The summed E-state index contributed by atoms with van der Waals surface area (Å²) < 4.78 is 5.17. The van der Waals surface area contributed by atoms with Gasteiger partial charge in [-0.05, 0) is 48.7 Å². The highest BCUT2D eigenvalue weighted by atomic mass is 16.5. The highest BCUT2D eigenvalue weighted by Gasteiger charge is 2.42. The number of aromatic nitrogens is 1. The molecule has 6 nitrogen and oxygen atoms in total. The third-order valence-corrected chi connectivity index (χ3v) is 5.79. The highest BCUT2D eigenvalue weighted by Crippen LogP contribution is 2.35. The van der Waals surface area contributed by atoms with Crippen molar-refractivity contribution in [3.63, 3.8) is 0 Å². The normalized spacial score (nSPS) is 21.8. The number of carbonyl (C=O) groups excluding carboxylic acids is 2. The van der Waals surface area contributed by atoms with Crippen molar-refractivity contribution in [1.82, 2.24) is 14.8 Å². The van der Waals surface area contributed by atoms with E-state index in [-0.39, 0.29) is 23.7 Å². The third-order valence-electron chi connectivity index (χ3n) is 5.79. The lowest BCUT2D eigenvalue weighted by molar-refractivity contribution is -0.134. The predicted octanol–water partition coefficient (Wildman–Crippen LogP) is 2.57. The first-order valence-corrected chi connectivity index (χ1v) is 9.79. The van der Waals surface area contributed by atoms with E-state index in [0.29, 0.717) is 24.4 Å². The van der Waals surface area contributed by atoms with E-state index < -0.39 is 0 Å². The second kappa shape index (κ2) is 8.00. The topological polar surface area (TPSA) is 62.7 Å². The van der Waals surface area contributed by atoms with Crippen LogP contribution in [0, 0.1) is 5.92 Å². The second-order valence-electron chi connectivity index (χ2n) is 7.47. The van der Waals surface area contributed by atoms with E-state index >= 15 is 0 Å². The molecule has 1 aromatic heterocycles. The summed E-state index contributed by atoms with van der Waals surface area (Å²) in [6.07, 6.45) is 5.67. The van der Waals surface area contributed by atoms with Gasteiger partial charge in [-0.3, -0.25) is 14.6 Å². The standard InChI is InChI=1S/C22H25N3O3/c1-28-18-8-6-16(7-9-18)21(26)25-14-19(17-5-4-10-23-13-17)20(15-25)22(27)24-11-2-3-12-24/h4-10,13,19-20H,2-3,11-12,14-15H2,1H3/t19-,20+/m0/s1. The monoisotopic (exact) mass is 379 g/mol. The van der Waals surface area contributed by atoms with Gasteiger partial charge in [0.25, 0.3) is 5.91 Å². The first-order valence-electron chi connectivity index (χ1n) is 9.79. The summed E-state index contributed by atoms with van der Waals surface area (Å²) >= 11 is 0. The van der Waals surface area contributed by atoms with Crippen molar-refractivity contribution in [3.05, 3.63) is 59.9 Å². The van der Waals surface area contributed by atoms with Gasteiger partial charge in [-0.2, -0.15) is 0 Å². The van der Waals surface area contributed by atoms with Gasteiger partial charge in [0.15, 0.2) is 0 Å². The van der Waals surface area contributed by atoms with Gasteiger partial charge in [0.1, 0.15) is 5.75 Å². The Balaban J connectivity index is 1.57. The molecule has 3 heterocycles. The number of methoxy groups -OCH3 is 1. The maximum atomic E-state index is 13.2. The number of pyridine rings is 1. The fourth-order valence-electron chi connectivity index (χ4n) is 4.24. The van der Waals surface area contributed by atoms with Crippen LogP contribution in [0.5, 0.6) is 5.75 Å². The Labute approximate surface area is 165 Å². The van der Waals surface area contributed by atoms with Crippen molar-refractivity contribution in [2.75, 3.05) is 33.3 Å².